The maximum atomic E-state index is 9.09. The molecule has 1 aliphatic heterocycles. The number of nitrogens with one attached hydrogen (secondary N) is 1. The molecule has 4 N–H and O–H groups in total. The summed E-state index contributed by atoms with van der Waals surface area (Å²) in [4.78, 5) is 13.2. The van der Waals surface area contributed by atoms with Crippen molar-refractivity contribution in [1.82, 2.24) is 14.9 Å². The normalized spacial score (nSPS) is 15.2. The first-order chi connectivity index (χ1) is 13.3. The Morgan fingerprint density at radius 1 is 1.00 bits per heavy atom. The zero-order chi connectivity index (χ0) is 18.6. The molecule has 0 atom stereocenters. The minimum atomic E-state index is 0.189. The lowest BCUT2D eigenvalue weighted by Crippen LogP contribution is -2.47. The van der Waals surface area contributed by atoms with Gasteiger partial charge in [-0.3, -0.25) is 4.90 Å². The molecule has 0 spiro atoms. The molecule has 2 heterocycles. The number of aromatic nitrogens is 2. The first kappa shape index (κ1) is 17.5. The van der Waals surface area contributed by atoms with Crippen LogP contribution in [0.25, 0.3) is 10.8 Å². The average molecular weight is 364 g/mol. The second-order valence-corrected chi connectivity index (χ2v) is 6.66. The molecule has 1 aromatic heterocycles. The summed E-state index contributed by atoms with van der Waals surface area (Å²) in [6.45, 7) is 4.33. The lowest BCUT2D eigenvalue weighted by molar-refractivity contribution is 0.188. The number of β-amino-alcohol motifs (C(OH)–C–C–N with tert-alkyl or cyclic N) is 1. The monoisotopic (exact) mass is 364 g/mol. The number of piperazine rings is 1. The first-order valence-electron chi connectivity index (χ1n) is 9.19. The molecule has 140 valence electrons. The first-order valence-corrected chi connectivity index (χ1v) is 9.19. The van der Waals surface area contributed by atoms with Crippen LogP contribution in [0.4, 0.5) is 23.0 Å². The van der Waals surface area contributed by atoms with Gasteiger partial charge in [-0.15, -0.1) is 0 Å². The van der Waals surface area contributed by atoms with Crippen LogP contribution in [-0.2, 0) is 0 Å². The quantitative estimate of drug-likeness (QED) is 0.638. The molecule has 0 radical (unpaired) electrons. The van der Waals surface area contributed by atoms with Gasteiger partial charge in [0.1, 0.15) is 12.0 Å². The maximum absolute atomic E-state index is 9.09. The van der Waals surface area contributed by atoms with Gasteiger partial charge in [0.25, 0.3) is 0 Å². The zero-order valence-corrected chi connectivity index (χ0v) is 15.2. The Balaban J connectivity index is 1.57. The lowest BCUT2D eigenvalue weighted by atomic mass is 10.1. The molecule has 3 aromatic rings. The number of hydrogen-bond donors (Lipinski definition) is 3. The van der Waals surface area contributed by atoms with Crippen molar-refractivity contribution in [3.63, 3.8) is 0 Å². The number of nitrogen functional groups attached to an aromatic ring is 1. The fourth-order valence-electron chi connectivity index (χ4n) is 3.52. The van der Waals surface area contributed by atoms with Crippen LogP contribution in [-0.4, -0.2) is 59.3 Å². The molecule has 1 aliphatic rings. The van der Waals surface area contributed by atoms with E-state index in [0.717, 1.165) is 48.5 Å². The summed E-state index contributed by atoms with van der Waals surface area (Å²) >= 11 is 0. The van der Waals surface area contributed by atoms with Crippen molar-refractivity contribution in [2.45, 2.75) is 0 Å². The second-order valence-electron chi connectivity index (χ2n) is 6.66. The number of nitrogens with zero attached hydrogens (tertiary/aromatic N) is 4. The van der Waals surface area contributed by atoms with Crippen LogP contribution in [0.5, 0.6) is 0 Å². The van der Waals surface area contributed by atoms with E-state index in [2.05, 4.69) is 43.3 Å². The topological polar surface area (TPSA) is 90.5 Å². The van der Waals surface area contributed by atoms with E-state index in [1.54, 1.807) is 6.33 Å². The summed E-state index contributed by atoms with van der Waals surface area (Å²) in [6.07, 6.45) is 1.55. The van der Waals surface area contributed by atoms with E-state index in [1.807, 2.05) is 24.3 Å². The van der Waals surface area contributed by atoms with Crippen molar-refractivity contribution in [3.05, 3.63) is 48.8 Å². The van der Waals surface area contributed by atoms with Gasteiger partial charge in [0.2, 0.25) is 0 Å². The summed E-state index contributed by atoms with van der Waals surface area (Å²) in [5, 5.41) is 14.8. The van der Waals surface area contributed by atoms with Gasteiger partial charge in [0, 0.05) is 43.8 Å². The Hall–Kier alpha value is -2.90. The Bertz CT molecular complexity index is 918. The molecule has 27 heavy (non-hydrogen) atoms. The molecule has 0 bridgehead atoms. The van der Waals surface area contributed by atoms with E-state index in [0.29, 0.717) is 18.1 Å². The smallest absolute Gasteiger partial charge is 0.159 e. The van der Waals surface area contributed by atoms with Crippen molar-refractivity contribution in [2.75, 3.05) is 55.3 Å². The van der Waals surface area contributed by atoms with Gasteiger partial charge in [0.05, 0.1) is 6.61 Å². The van der Waals surface area contributed by atoms with E-state index in [-0.39, 0.29) is 6.61 Å². The molecule has 1 fully saturated rings. The van der Waals surface area contributed by atoms with E-state index in [1.165, 1.54) is 0 Å². The van der Waals surface area contributed by atoms with Crippen molar-refractivity contribution in [3.8, 4) is 0 Å². The number of nitrogens with two attached hydrogens (primary N) is 1. The number of aliphatic hydroxyl groups is 1. The Labute approximate surface area is 158 Å². The number of rotatable bonds is 5. The molecular formula is C20H24N6O. The van der Waals surface area contributed by atoms with E-state index < -0.39 is 0 Å². The number of fused-ring (bicyclic) bond motifs is 1. The summed E-state index contributed by atoms with van der Waals surface area (Å²) in [5.41, 5.74) is 7.94. The molecule has 7 heteroatoms. The minimum Gasteiger partial charge on any atom is -0.395 e. The van der Waals surface area contributed by atoms with E-state index in [9.17, 15) is 0 Å². The molecule has 4 rings (SSSR count). The van der Waals surface area contributed by atoms with Crippen LogP contribution >= 0.6 is 0 Å². The third-order valence-corrected chi connectivity index (χ3v) is 4.99. The Morgan fingerprint density at radius 3 is 2.59 bits per heavy atom. The van der Waals surface area contributed by atoms with Crippen molar-refractivity contribution in [1.29, 1.82) is 0 Å². The van der Waals surface area contributed by atoms with Crippen LogP contribution < -0.4 is 16.0 Å². The predicted octanol–water partition coefficient (Wildman–Crippen LogP) is 2.07. The molecule has 7 nitrogen and oxygen atoms in total. The molecule has 0 amide bonds. The summed E-state index contributed by atoms with van der Waals surface area (Å²) in [7, 11) is 0. The minimum absolute atomic E-state index is 0.189. The van der Waals surface area contributed by atoms with Crippen molar-refractivity contribution in [2.24, 2.45) is 0 Å². The third-order valence-electron chi connectivity index (χ3n) is 4.99. The van der Waals surface area contributed by atoms with Gasteiger partial charge < -0.3 is 21.1 Å². The summed E-state index contributed by atoms with van der Waals surface area (Å²) in [6, 6.07) is 14.3. The molecule has 0 saturated carbocycles. The van der Waals surface area contributed by atoms with Gasteiger partial charge in [-0.2, -0.15) is 0 Å². The molecule has 0 unspecified atom stereocenters. The van der Waals surface area contributed by atoms with Gasteiger partial charge in [-0.25, -0.2) is 9.97 Å². The van der Waals surface area contributed by atoms with E-state index >= 15 is 0 Å². The van der Waals surface area contributed by atoms with Crippen LogP contribution in [0.1, 0.15) is 0 Å². The third kappa shape index (κ3) is 3.65. The number of aliphatic hydroxyl groups excluding tert-OH is 1. The van der Waals surface area contributed by atoms with Crippen molar-refractivity contribution >= 4 is 33.8 Å². The van der Waals surface area contributed by atoms with Gasteiger partial charge >= 0.3 is 0 Å². The van der Waals surface area contributed by atoms with E-state index in [4.69, 9.17) is 10.8 Å². The summed E-state index contributed by atoms with van der Waals surface area (Å²) < 4.78 is 0. The highest BCUT2D eigenvalue weighted by molar-refractivity contribution is 5.96. The van der Waals surface area contributed by atoms with Gasteiger partial charge in [-0.05, 0) is 11.5 Å². The number of benzene rings is 2. The fourth-order valence-corrected chi connectivity index (χ4v) is 3.52. The second kappa shape index (κ2) is 7.77. The molecule has 1 saturated heterocycles. The largest absolute Gasteiger partial charge is 0.395 e. The Kier molecular flexibility index (Phi) is 5.04. The highest BCUT2D eigenvalue weighted by Crippen LogP contribution is 2.31. The fraction of sp³-hybridized carbons (Fsp3) is 0.300. The molecule has 2 aromatic carbocycles. The standard InChI is InChI=1S/C20H24N6O/c21-18-19(24-17-7-3-5-15-4-1-2-6-16(15)17)22-14-23-20(18)26-10-8-25(9-11-26)12-13-27/h1-7,14,27H,8-13,21H2,(H,22,23,24). The van der Waals surface area contributed by atoms with Crippen molar-refractivity contribution < 1.29 is 5.11 Å². The van der Waals surface area contributed by atoms with Crippen LogP contribution in [0.2, 0.25) is 0 Å². The summed E-state index contributed by atoms with van der Waals surface area (Å²) in [5.74, 6) is 1.38. The van der Waals surface area contributed by atoms with Gasteiger partial charge in [0.15, 0.2) is 11.6 Å². The van der Waals surface area contributed by atoms with Gasteiger partial charge in [-0.1, -0.05) is 36.4 Å². The molecular weight excluding hydrogens is 340 g/mol. The SMILES string of the molecule is Nc1c(Nc2cccc3ccccc23)ncnc1N1CCN(CCO)CC1. The highest BCUT2D eigenvalue weighted by atomic mass is 16.3. The lowest BCUT2D eigenvalue weighted by Gasteiger charge is -2.35. The van der Waals surface area contributed by atoms with Crippen LogP contribution in [0.15, 0.2) is 48.8 Å². The predicted molar refractivity (Wildman–Crippen MR) is 109 cm³/mol. The zero-order valence-electron chi connectivity index (χ0n) is 15.2. The van der Waals surface area contributed by atoms with Crippen LogP contribution in [0, 0.1) is 0 Å². The number of hydrogen-bond acceptors (Lipinski definition) is 7. The maximum Gasteiger partial charge on any atom is 0.159 e. The average Bonchev–Trinajstić information content (AvgIpc) is 2.71. The number of anilines is 4. The van der Waals surface area contributed by atoms with Crippen LogP contribution in [0.3, 0.4) is 0 Å². The Morgan fingerprint density at radius 2 is 1.78 bits per heavy atom. The highest BCUT2D eigenvalue weighted by Gasteiger charge is 2.21. The molecule has 0 aliphatic carbocycles.